The molecule has 0 fully saturated rings. The third-order valence-corrected chi connectivity index (χ3v) is 1.38. The number of aryl methyl sites for hydroxylation is 1. The molecule has 0 atom stereocenters. The van der Waals surface area contributed by atoms with Crippen molar-refractivity contribution in [3.05, 3.63) is 35.1 Å². The smallest absolute Gasteiger partial charge is 0.139 e. The van der Waals surface area contributed by atoms with Gasteiger partial charge in [0.2, 0.25) is 0 Å². The van der Waals surface area contributed by atoms with Crippen molar-refractivity contribution < 1.29 is 4.39 Å². The van der Waals surface area contributed by atoms with Crippen LogP contribution in [0.25, 0.3) is 0 Å². The van der Waals surface area contributed by atoms with Gasteiger partial charge in [0.1, 0.15) is 5.82 Å². The summed E-state index contributed by atoms with van der Waals surface area (Å²) in [5, 5.41) is 0. The fourth-order valence-corrected chi connectivity index (χ4v) is 0.856. The van der Waals surface area contributed by atoms with Crippen molar-refractivity contribution in [2.24, 2.45) is 0 Å². The van der Waals surface area contributed by atoms with E-state index in [4.69, 9.17) is 0 Å². The van der Waals surface area contributed by atoms with Crippen molar-refractivity contribution in [3.8, 4) is 11.8 Å². The molecule has 11 heavy (non-hydrogen) atoms. The fourth-order valence-electron chi connectivity index (χ4n) is 0.856. The fraction of sp³-hybridized carbons (Fsp3) is 0.200. The molecule has 0 amide bonds. The quantitative estimate of drug-likeness (QED) is 0.496. The minimum Gasteiger partial charge on any atom is -0.206 e. The van der Waals surface area contributed by atoms with Gasteiger partial charge >= 0.3 is 0 Å². The highest BCUT2D eigenvalue weighted by atomic mass is 19.1. The van der Waals surface area contributed by atoms with Crippen LogP contribution in [0.1, 0.15) is 18.1 Å². The van der Waals surface area contributed by atoms with Crippen LogP contribution in [-0.2, 0) is 0 Å². The minimum absolute atomic E-state index is 0.237. The lowest BCUT2D eigenvalue weighted by atomic mass is 10.1. The van der Waals surface area contributed by atoms with E-state index in [2.05, 4.69) is 11.8 Å². The normalized spacial score (nSPS) is 8.64. The van der Waals surface area contributed by atoms with Crippen LogP contribution >= 0.6 is 0 Å². The molecule has 0 aliphatic carbocycles. The Labute approximate surface area is 66.1 Å². The third-order valence-electron chi connectivity index (χ3n) is 1.38. The van der Waals surface area contributed by atoms with Gasteiger partial charge in [-0.3, -0.25) is 0 Å². The molecular weight excluding hydrogens is 139 g/mol. The van der Waals surface area contributed by atoms with E-state index >= 15 is 0 Å². The second-order valence-corrected chi connectivity index (χ2v) is 2.36. The first-order valence-corrected chi connectivity index (χ1v) is 3.43. The van der Waals surface area contributed by atoms with Gasteiger partial charge in [-0.1, -0.05) is 12.0 Å². The zero-order chi connectivity index (χ0) is 8.27. The van der Waals surface area contributed by atoms with Crippen molar-refractivity contribution in [1.82, 2.24) is 0 Å². The summed E-state index contributed by atoms with van der Waals surface area (Å²) in [7, 11) is 0. The molecule has 1 aromatic rings. The first-order chi connectivity index (χ1) is 5.24. The summed E-state index contributed by atoms with van der Waals surface area (Å²) in [6.07, 6.45) is 0. The van der Waals surface area contributed by atoms with Crippen LogP contribution in [0.3, 0.4) is 0 Å². The molecule has 1 aromatic carbocycles. The molecule has 56 valence electrons. The molecule has 0 N–H and O–H groups in total. The van der Waals surface area contributed by atoms with Gasteiger partial charge in [-0.2, -0.15) is 0 Å². The highest BCUT2D eigenvalue weighted by Crippen LogP contribution is 2.07. The molecule has 0 aromatic heterocycles. The molecule has 0 radical (unpaired) electrons. The second-order valence-electron chi connectivity index (χ2n) is 2.36. The van der Waals surface area contributed by atoms with Gasteiger partial charge in [0.15, 0.2) is 0 Å². The average Bonchev–Trinajstić information content (AvgIpc) is 1.95. The van der Waals surface area contributed by atoms with E-state index in [0.717, 1.165) is 5.56 Å². The Morgan fingerprint density at radius 1 is 1.36 bits per heavy atom. The number of benzene rings is 1. The standard InChI is InChI=1S/C10H9F/c1-3-4-9-6-5-8(2)7-10(9)11/h5-7H,1-2H3. The van der Waals surface area contributed by atoms with Gasteiger partial charge in [-0.15, -0.1) is 5.92 Å². The van der Waals surface area contributed by atoms with Crippen LogP contribution in [0.5, 0.6) is 0 Å². The molecule has 0 aliphatic rings. The Bertz CT molecular complexity index is 315. The summed E-state index contributed by atoms with van der Waals surface area (Å²) in [4.78, 5) is 0. The van der Waals surface area contributed by atoms with E-state index in [1.54, 1.807) is 13.0 Å². The van der Waals surface area contributed by atoms with Gasteiger partial charge in [0, 0.05) is 0 Å². The predicted octanol–water partition coefficient (Wildman–Crippen LogP) is 2.51. The summed E-state index contributed by atoms with van der Waals surface area (Å²) in [5.41, 5.74) is 1.39. The van der Waals surface area contributed by atoms with Crippen LogP contribution in [0.15, 0.2) is 18.2 Å². The van der Waals surface area contributed by atoms with Crippen molar-refractivity contribution in [2.45, 2.75) is 13.8 Å². The maximum Gasteiger partial charge on any atom is 0.139 e. The molecule has 0 nitrogen and oxygen atoms in total. The summed E-state index contributed by atoms with van der Waals surface area (Å²) in [6, 6.07) is 5.03. The Morgan fingerprint density at radius 2 is 2.09 bits per heavy atom. The Balaban J connectivity index is 3.16. The molecule has 0 saturated heterocycles. The highest BCUT2D eigenvalue weighted by Gasteiger charge is 1.96. The lowest BCUT2D eigenvalue weighted by Crippen LogP contribution is -1.83. The molecular formula is C10H9F. The van der Waals surface area contributed by atoms with Crippen LogP contribution < -0.4 is 0 Å². The maximum absolute atomic E-state index is 12.9. The van der Waals surface area contributed by atoms with Crippen molar-refractivity contribution in [1.29, 1.82) is 0 Å². The average molecular weight is 148 g/mol. The van der Waals surface area contributed by atoms with Crippen molar-refractivity contribution in [3.63, 3.8) is 0 Å². The SMILES string of the molecule is CC#Cc1ccc(C)cc1F. The van der Waals surface area contributed by atoms with Crippen LogP contribution in [0.2, 0.25) is 0 Å². The number of rotatable bonds is 0. The van der Waals surface area contributed by atoms with Gasteiger partial charge in [-0.25, -0.2) is 4.39 Å². The number of hydrogen-bond donors (Lipinski definition) is 0. The zero-order valence-corrected chi connectivity index (χ0v) is 6.61. The first kappa shape index (κ1) is 7.81. The summed E-state index contributed by atoms with van der Waals surface area (Å²) >= 11 is 0. The molecule has 0 saturated carbocycles. The van der Waals surface area contributed by atoms with Crippen LogP contribution in [0, 0.1) is 24.6 Å². The van der Waals surface area contributed by atoms with Crippen molar-refractivity contribution in [2.75, 3.05) is 0 Å². The van der Waals surface area contributed by atoms with Gasteiger partial charge in [-0.05, 0) is 31.5 Å². The number of halogens is 1. The molecule has 0 unspecified atom stereocenters. The second kappa shape index (κ2) is 3.21. The van der Waals surface area contributed by atoms with Crippen LogP contribution in [-0.4, -0.2) is 0 Å². The summed E-state index contributed by atoms with van der Waals surface area (Å²) in [6.45, 7) is 3.55. The largest absolute Gasteiger partial charge is 0.206 e. The molecule has 0 bridgehead atoms. The molecule has 1 heteroatoms. The Morgan fingerprint density at radius 3 is 2.64 bits per heavy atom. The third kappa shape index (κ3) is 1.81. The summed E-state index contributed by atoms with van der Waals surface area (Å²) < 4.78 is 12.9. The monoisotopic (exact) mass is 148 g/mol. The van der Waals surface area contributed by atoms with Gasteiger partial charge < -0.3 is 0 Å². The molecule has 0 spiro atoms. The Hall–Kier alpha value is -1.29. The minimum atomic E-state index is -0.237. The molecule has 1 rings (SSSR count). The van der Waals surface area contributed by atoms with Gasteiger partial charge in [0.25, 0.3) is 0 Å². The van der Waals surface area contributed by atoms with E-state index in [1.165, 1.54) is 6.07 Å². The lowest BCUT2D eigenvalue weighted by molar-refractivity contribution is 0.623. The highest BCUT2D eigenvalue weighted by molar-refractivity contribution is 5.36. The first-order valence-electron chi connectivity index (χ1n) is 3.43. The topological polar surface area (TPSA) is 0 Å². The van der Waals surface area contributed by atoms with E-state index in [1.807, 2.05) is 13.0 Å². The van der Waals surface area contributed by atoms with E-state index in [0.29, 0.717) is 5.56 Å². The molecule has 0 aliphatic heterocycles. The number of hydrogen-bond acceptors (Lipinski definition) is 0. The lowest BCUT2D eigenvalue weighted by Gasteiger charge is -1.94. The molecule has 0 heterocycles. The van der Waals surface area contributed by atoms with Gasteiger partial charge in [0.05, 0.1) is 5.56 Å². The zero-order valence-electron chi connectivity index (χ0n) is 6.61. The Kier molecular flexibility index (Phi) is 2.28. The van der Waals surface area contributed by atoms with Crippen LogP contribution in [0.4, 0.5) is 4.39 Å². The summed E-state index contributed by atoms with van der Waals surface area (Å²) in [5.74, 6) is 5.10. The van der Waals surface area contributed by atoms with E-state index < -0.39 is 0 Å². The van der Waals surface area contributed by atoms with Crippen molar-refractivity contribution >= 4 is 0 Å². The predicted molar refractivity (Wildman–Crippen MR) is 43.7 cm³/mol. The van der Waals surface area contributed by atoms with E-state index in [-0.39, 0.29) is 5.82 Å². The maximum atomic E-state index is 12.9. The van der Waals surface area contributed by atoms with E-state index in [9.17, 15) is 4.39 Å².